The Bertz CT molecular complexity index is 771. The van der Waals surface area contributed by atoms with Crippen molar-refractivity contribution in [1.82, 2.24) is 24.1 Å². The van der Waals surface area contributed by atoms with E-state index in [-0.39, 0.29) is 5.92 Å². The van der Waals surface area contributed by atoms with E-state index in [2.05, 4.69) is 15.1 Å². The van der Waals surface area contributed by atoms with E-state index in [0.717, 1.165) is 29.8 Å². The Hall–Kier alpha value is -1.80. The Balaban J connectivity index is 1.95. The number of aromatic nitrogens is 4. The summed E-state index contributed by atoms with van der Waals surface area (Å²) in [6.07, 6.45) is 9.97. The summed E-state index contributed by atoms with van der Waals surface area (Å²) in [5, 5.41) is 4.18. The quantitative estimate of drug-likeness (QED) is 0.843. The van der Waals surface area contributed by atoms with Gasteiger partial charge in [-0.1, -0.05) is 0 Å². The Labute approximate surface area is 130 Å². The molecule has 1 atom stereocenters. The topological polar surface area (TPSA) is 81.0 Å². The van der Waals surface area contributed by atoms with Gasteiger partial charge in [-0.3, -0.25) is 14.6 Å². The van der Waals surface area contributed by atoms with Crippen LogP contribution >= 0.6 is 0 Å². The van der Waals surface area contributed by atoms with Crippen LogP contribution in [0.4, 0.5) is 0 Å². The van der Waals surface area contributed by atoms with Crippen molar-refractivity contribution in [2.24, 2.45) is 7.05 Å². The van der Waals surface area contributed by atoms with E-state index < -0.39 is 10.0 Å². The summed E-state index contributed by atoms with van der Waals surface area (Å²) in [6, 6.07) is 0. The van der Waals surface area contributed by atoms with Crippen LogP contribution in [0.25, 0.3) is 11.3 Å². The van der Waals surface area contributed by atoms with Gasteiger partial charge in [0, 0.05) is 50.2 Å². The van der Waals surface area contributed by atoms with Crippen LogP contribution in [0, 0.1) is 0 Å². The lowest BCUT2D eigenvalue weighted by molar-refractivity contribution is 0.314. The molecule has 0 saturated carbocycles. The first kappa shape index (κ1) is 15.1. The van der Waals surface area contributed by atoms with Crippen molar-refractivity contribution in [3.05, 3.63) is 30.5 Å². The third-order valence-corrected chi connectivity index (χ3v) is 5.21. The van der Waals surface area contributed by atoms with Crippen molar-refractivity contribution in [2.45, 2.75) is 18.8 Å². The summed E-state index contributed by atoms with van der Waals surface area (Å²) < 4.78 is 26.8. The molecule has 0 aromatic carbocycles. The van der Waals surface area contributed by atoms with E-state index in [1.54, 1.807) is 23.3 Å². The minimum absolute atomic E-state index is 0.0624. The van der Waals surface area contributed by atoms with Crippen molar-refractivity contribution < 1.29 is 8.42 Å². The molecule has 1 saturated heterocycles. The van der Waals surface area contributed by atoms with Gasteiger partial charge in [-0.15, -0.1) is 0 Å². The molecule has 3 heterocycles. The molecular formula is C14H19N5O2S. The highest BCUT2D eigenvalue weighted by atomic mass is 32.2. The first-order chi connectivity index (χ1) is 10.4. The maximum Gasteiger partial charge on any atom is 0.211 e. The van der Waals surface area contributed by atoms with E-state index >= 15 is 0 Å². The number of hydrogen-bond donors (Lipinski definition) is 0. The van der Waals surface area contributed by atoms with Gasteiger partial charge in [0.25, 0.3) is 0 Å². The average molecular weight is 321 g/mol. The molecule has 0 aliphatic carbocycles. The predicted molar refractivity (Wildman–Crippen MR) is 82.6 cm³/mol. The minimum atomic E-state index is -3.17. The zero-order valence-corrected chi connectivity index (χ0v) is 13.5. The van der Waals surface area contributed by atoms with Gasteiger partial charge < -0.3 is 0 Å². The Morgan fingerprint density at radius 2 is 2.05 bits per heavy atom. The zero-order chi connectivity index (χ0) is 15.7. The molecule has 8 heteroatoms. The van der Waals surface area contributed by atoms with E-state index in [0.29, 0.717) is 13.1 Å². The maximum atomic E-state index is 11.8. The monoisotopic (exact) mass is 321 g/mol. The molecule has 1 aliphatic rings. The molecule has 0 amide bonds. The van der Waals surface area contributed by atoms with Crippen LogP contribution in [0.2, 0.25) is 0 Å². The molecule has 0 N–H and O–H groups in total. The third kappa shape index (κ3) is 3.02. The molecule has 1 aliphatic heterocycles. The van der Waals surface area contributed by atoms with Crippen LogP contribution in [0.15, 0.2) is 24.8 Å². The minimum Gasteiger partial charge on any atom is -0.275 e. The van der Waals surface area contributed by atoms with Crippen LogP contribution in [-0.2, 0) is 17.1 Å². The number of piperidine rings is 1. The summed E-state index contributed by atoms with van der Waals surface area (Å²) in [4.78, 5) is 8.92. The summed E-state index contributed by atoms with van der Waals surface area (Å²) in [6.45, 7) is 1.04. The van der Waals surface area contributed by atoms with Gasteiger partial charge in [-0.25, -0.2) is 12.7 Å². The van der Waals surface area contributed by atoms with Gasteiger partial charge in [0.15, 0.2) is 0 Å². The highest BCUT2D eigenvalue weighted by Gasteiger charge is 2.29. The van der Waals surface area contributed by atoms with Crippen LogP contribution in [0.3, 0.4) is 0 Å². The molecule has 1 unspecified atom stereocenters. The number of hydrogen-bond acceptors (Lipinski definition) is 5. The second-order valence-corrected chi connectivity index (χ2v) is 7.64. The highest BCUT2D eigenvalue weighted by molar-refractivity contribution is 7.88. The predicted octanol–water partition coefficient (Wildman–Crippen LogP) is 1.02. The number of aryl methyl sites for hydroxylation is 1. The van der Waals surface area contributed by atoms with Gasteiger partial charge in [0.05, 0.1) is 23.8 Å². The van der Waals surface area contributed by atoms with Crippen molar-refractivity contribution >= 4 is 10.0 Å². The molecule has 3 rings (SSSR count). The average Bonchev–Trinajstić information content (AvgIpc) is 2.93. The lowest BCUT2D eigenvalue weighted by Gasteiger charge is -2.31. The second-order valence-electron chi connectivity index (χ2n) is 5.65. The van der Waals surface area contributed by atoms with Crippen LogP contribution in [0.5, 0.6) is 0 Å². The Kier molecular flexibility index (Phi) is 3.96. The molecule has 2 aromatic heterocycles. The van der Waals surface area contributed by atoms with E-state index in [9.17, 15) is 8.42 Å². The third-order valence-electron chi connectivity index (χ3n) is 3.94. The fraction of sp³-hybridized carbons (Fsp3) is 0.500. The largest absolute Gasteiger partial charge is 0.275 e. The second kappa shape index (κ2) is 5.77. The van der Waals surface area contributed by atoms with Gasteiger partial charge in [-0.05, 0) is 12.8 Å². The van der Waals surface area contributed by atoms with Crippen LogP contribution < -0.4 is 0 Å². The molecule has 1 fully saturated rings. The van der Waals surface area contributed by atoms with E-state index in [1.165, 1.54) is 10.6 Å². The number of rotatable bonds is 3. The first-order valence-corrected chi connectivity index (χ1v) is 9.05. The normalized spacial score (nSPS) is 20.2. The van der Waals surface area contributed by atoms with Gasteiger partial charge in [0.1, 0.15) is 0 Å². The molecule has 0 radical (unpaired) electrons. The van der Waals surface area contributed by atoms with Gasteiger partial charge >= 0.3 is 0 Å². The summed E-state index contributed by atoms with van der Waals surface area (Å²) in [5.74, 6) is 0.0624. The smallest absolute Gasteiger partial charge is 0.211 e. The van der Waals surface area contributed by atoms with Crippen molar-refractivity contribution in [3.63, 3.8) is 0 Å². The Morgan fingerprint density at radius 1 is 1.27 bits per heavy atom. The fourth-order valence-corrected chi connectivity index (χ4v) is 3.79. The number of nitrogens with zero attached hydrogens (tertiary/aromatic N) is 5. The lowest BCUT2D eigenvalue weighted by Crippen LogP contribution is -2.38. The molecular weight excluding hydrogens is 302 g/mol. The first-order valence-electron chi connectivity index (χ1n) is 7.20. The van der Waals surface area contributed by atoms with Crippen LogP contribution in [-0.4, -0.2) is 51.8 Å². The molecule has 7 nitrogen and oxygen atoms in total. The summed E-state index contributed by atoms with van der Waals surface area (Å²) in [5.41, 5.74) is 2.54. The SMILES string of the molecule is Cn1cc(-c2nccnc2C2CCCN(S(C)(=O)=O)C2)cn1. The fourth-order valence-electron chi connectivity index (χ4n) is 2.88. The highest BCUT2D eigenvalue weighted by Crippen LogP contribution is 2.32. The van der Waals surface area contributed by atoms with E-state index in [4.69, 9.17) is 0 Å². The molecule has 0 bridgehead atoms. The maximum absolute atomic E-state index is 11.8. The van der Waals surface area contributed by atoms with Crippen molar-refractivity contribution in [2.75, 3.05) is 19.3 Å². The Morgan fingerprint density at radius 3 is 2.73 bits per heavy atom. The molecule has 0 spiro atoms. The molecule has 2 aromatic rings. The van der Waals surface area contributed by atoms with Gasteiger partial charge in [0.2, 0.25) is 10.0 Å². The van der Waals surface area contributed by atoms with E-state index in [1.807, 2.05) is 13.2 Å². The summed E-state index contributed by atoms with van der Waals surface area (Å²) >= 11 is 0. The van der Waals surface area contributed by atoms with Crippen LogP contribution in [0.1, 0.15) is 24.5 Å². The summed E-state index contributed by atoms with van der Waals surface area (Å²) in [7, 11) is -1.32. The number of sulfonamides is 1. The lowest BCUT2D eigenvalue weighted by atomic mass is 9.93. The zero-order valence-electron chi connectivity index (χ0n) is 12.7. The van der Waals surface area contributed by atoms with Gasteiger partial charge in [-0.2, -0.15) is 5.10 Å². The molecule has 118 valence electrons. The molecule has 22 heavy (non-hydrogen) atoms. The van der Waals surface area contributed by atoms with Crippen molar-refractivity contribution in [3.8, 4) is 11.3 Å². The standard InChI is InChI=1S/C14H19N5O2S/c1-18-9-12(8-17-18)14-13(15-5-6-16-14)11-4-3-7-19(10-11)22(2,20)21/h5-6,8-9,11H,3-4,7,10H2,1-2H3. The van der Waals surface area contributed by atoms with Crippen molar-refractivity contribution in [1.29, 1.82) is 0 Å².